The van der Waals surface area contributed by atoms with Gasteiger partial charge in [0.25, 0.3) is 0 Å². The van der Waals surface area contributed by atoms with Gasteiger partial charge in [-0.25, -0.2) is 4.79 Å². The first-order valence-corrected chi connectivity index (χ1v) is 6.85. The number of hydrogen-bond donors (Lipinski definition) is 1. The number of hydrogen-bond acceptors (Lipinski definition) is 2. The Morgan fingerprint density at radius 3 is 3.06 bits per heavy atom. The lowest BCUT2D eigenvalue weighted by molar-refractivity contribution is 0.152. The molecule has 5 heteroatoms. The molecule has 1 N–H and O–H groups in total. The smallest absolute Gasteiger partial charge is 0.407 e. The Bertz CT molecular complexity index is 491. The van der Waals surface area contributed by atoms with Crippen LogP contribution in [-0.2, 0) is 0 Å². The Balaban J connectivity index is 2.00. The topological polar surface area (TPSA) is 49.8 Å². The Labute approximate surface area is 114 Å². The van der Waals surface area contributed by atoms with Crippen LogP contribution in [0.5, 0.6) is 5.75 Å². The van der Waals surface area contributed by atoms with Gasteiger partial charge in [0.2, 0.25) is 0 Å². The van der Waals surface area contributed by atoms with E-state index in [1.807, 2.05) is 18.2 Å². The van der Waals surface area contributed by atoms with Gasteiger partial charge < -0.3 is 14.7 Å². The van der Waals surface area contributed by atoms with Crippen molar-refractivity contribution in [1.82, 2.24) is 4.90 Å². The highest BCUT2D eigenvalue weighted by molar-refractivity contribution is 9.10. The van der Waals surface area contributed by atoms with Crippen molar-refractivity contribution in [3.63, 3.8) is 0 Å². The molecule has 18 heavy (non-hydrogen) atoms. The largest absolute Gasteiger partial charge is 0.493 e. The first kappa shape index (κ1) is 11.8. The van der Waals surface area contributed by atoms with Gasteiger partial charge in [0.1, 0.15) is 5.75 Å². The molecule has 1 fully saturated rings. The van der Waals surface area contributed by atoms with E-state index < -0.39 is 6.09 Å². The number of nitrogens with zero attached hydrogens (tertiary/aromatic N) is 1. The van der Waals surface area contributed by atoms with Crippen LogP contribution in [0.25, 0.3) is 0 Å². The van der Waals surface area contributed by atoms with Gasteiger partial charge in [-0.05, 0) is 24.5 Å². The molecule has 0 radical (unpaired) electrons. The summed E-state index contributed by atoms with van der Waals surface area (Å²) in [5.74, 6) is 1.50. The van der Waals surface area contributed by atoms with Crippen molar-refractivity contribution in [2.45, 2.75) is 12.3 Å². The number of carbonyl (C=O) groups is 1. The zero-order chi connectivity index (χ0) is 12.7. The summed E-state index contributed by atoms with van der Waals surface area (Å²) in [7, 11) is 0. The molecule has 2 aliphatic rings. The summed E-state index contributed by atoms with van der Waals surface area (Å²) in [4.78, 5) is 12.6. The zero-order valence-corrected chi connectivity index (χ0v) is 11.4. The summed E-state index contributed by atoms with van der Waals surface area (Å²) in [5.41, 5.74) is 1.13. The van der Waals surface area contributed by atoms with Crippen LogP contribution in [0.1, 0.15) is 17.9 Å². The lowest BCUT2D eigenvalue weighted by Crippen LogP contribution is -2.27. The van der Waals surface area contributed by atoms with Crippen molar-refractivity contribution in [2.24, 2.45) is 5.92 Å². The lowest BCUT2D eigenvalue weighted by atomic mass is 9.87. The van der Waals surface area contributed by atoms with E-state index in [0.29, 0.717) is 25.6 Å². The van der Waals surface area contributed by atoms with Crippen LogP contribution >= 0.6 is 15.9 Å². The molecule has 1 aromatic rings. The third kappa shape index (κ3) is 1.86. The summed E-state index contributed by atoms with van der Waals surface area (Å²) >= 11 is 3.56. The summed E-state index contributed by atoms with van der Waals surface area (Å²) in [6.45, 7) is 1.85. The second kappa shape index (κ2) is 4.46. The maximum absolute atomic E-state index is 11.1. The highest BCUT2D eigenvalue weighted by Gasteiger charge is 2.39. The van der Waals surface area contributed by atoms with E-state index >= 15 is 0 Å². The molecular weight excluding hydrogens is 298 g/mol. The van der Waals surface area contributed by atoms with Gasteiger partial charge in [0.05, 0.1) is 6.61 Å². The molecule has 0 aromatic heterocycles. The van der Waals surface area contributed by atoms with E-state index in [9.17, 15) is 4.79 Å². The minimum absolute atomic E-state index is 0.245. The van der Waals surface area contributed by atoms with E-state index in [1.165, 1.54) is 4.90 Å². The molecule has 1 aromatic carbocycles. The molecular formula is C13H14BrNO3. The molecule has 1 amide bonds. The number of likely N-dealkylation sites (tertiary alicyclic amines) is 1. The van der Waals surface area contributed by atoms with Gasteiger partial charge in [-0.2, -0.15) is 0 Å². The first-order chi connectivity index (χ1) is 8.66. The van der Waals surface area contributed by atoms with Crippen molar-refractivity contribution < 1.29 is 14.6 Å². The average Bonchev–Trinajstić information content (AvgIpc) is 2.66. The quantitative estimate of drug-likeness (QED) is 0.801. The van der Waals surface area contributed by atoms with E-state index in [2.05, 4.69) is 15.9 Å². The molecule has 1 saturated heterocycles. The summed E-state index contributed by atoms with van der Waals surface area (Å²) in [6, 6.07) is 5.91. The molecule has 3 rings (SSSR count). The molecule has 96 valence electrons. The molecule has 0 bridgehead atoms. The van der Waals surface area contributed by atoms with Crippen molar-refractivity contribution in [1.29, 1.82) is 0 Å². The molecule has 4 nitrogen and oxygen atoms in total. The minimum atomic E-state index is -0.822. The van der Waals surface area contributed by atoms with Crippen molar-refractivity contribution in [3.8, 4) is 5.75 Å². The van der Waals surface area contributed by atoms with Crippen LogP contribution in [0, 0.1) is 5.92 Å². The second-order valence-electron chi connectivity index (χ2n) is 4.84. The van der Waals surface area contributed by atoms with E-state index in [0.717, 1.165) is 22.2 Å². The molecule has 0 saturated carbocycles. The maximum atomic E-state index is 11.1. The Hall–Kier alpha value is -1.23. The minimum Gasteiger partial charge on any atom is -0.493 e. The number of halogens is 1. The normalized spacial score (nSPS) is 25.9. The lowest BCUT2D eigenvalue weighted by Gasteiger charge is -2.17. The van der Waals surface area contributed by atoms with Gasteiger partial charge in [-0.3, -0.25) is 0 Å². The van der Waals surface area contributed by atoms with Gasteiger partial charge in [-0.15, -0.1) is 0 Å². The number of amides is 1. The third-order valence-electron chi connectivity index (χ3n) is 3.84. The fourth-order valence-electron chi connectivity index (χ4n) is 2.97. The van der Waals surface area contributed by atoms with Gasteiger partial charge in [0, 0.05) is 29.0 Å². The van der Waals surface area contributed by atoms with Crippen molar-refractivity contribution >= 4 is 22.0 Å². The van der Waals surface area contributed by atoms with Crippen LogP contribution in [-0.4, -0.2) is 35.8 Å². The fourth-order valence-corrected chi connectivity index (χ4v) is 3.61. The van der Waals surface area contributed by atoms with E-state index in [4.69, 9.17) is 9.84 Å². The molecule has 2 heterocycles. The Morgan fingerprint density at radius 1 is 1.44 bits per heavy atom. The second-order valence-corrected chi connectivity index (χ2v) is 5.70. The fraction of sp³-hybridized carbons (Fsp3) is 0.462. The van der Waals surface area contributed by atoms with E-state index in [1.54, 1.807) is 0 Å². The van der Waals surface area contributed by atoms with Crippen molar-refractivity contribution in [3.05, 3.63) is 28.2 Å². The number of rotatable bonds is 0. The third-order valence-corrected chi connectivity index (χ3v) is 4.53. The van der Waals surface area contributed by atoms with Crippen molar-refractivity contribution in [2.75, 3.05) is 19.7 Å². The number of ether oxygens (including phenoxy) is 1. The zero-order valence-electron chi connectivity index (χ0n) is 9.80. The number of carboxylic acid groups (broad SMARTS) is 1. The van der Waals surface area contributed by atoms with Crippen LogP contribution in [0.4, 0.5) is 4.79 Å². The molecule has 1 unspecified atom stereocenters. The summed E-state index contributed by atoms with van der Waals surface area (Å²) in [6.07, 6.45) is 0.0906. The SMILES string of the molecule is O=C(O)N1CC2CCOc3cccc(Br)c3[C@H]2C1. The number of benzene rings is 1. The van der Waals surface area contributed by atoms with Gasteiger partial charge in [0.15, 0.2) is 0 Å². The van der Waals surface area contributed by atoms with Crippen LogP contribution in [0.15, 0.2) is 22.7 Å². The van der Waals surface area contributed by atoms with E-state index in [-0.39, 0.29) is 5.92 Å². The van der Waals surface area contributed by atoms with Crippen LogP contribution in [0.2, 0.25) is 0 Å². The van der Waals surface area contributed by atoms with Gasteiger partial charge in [-0.1, -0.05) is 22.0 Å². The Morgan fingerprint density at radius 2 is 2.28 bits per heavy atom. The summed E-state index contributed by atoms with van der Waals surface area (Å²) < 4.78 is 6.78. The monoisotopic (exact) mass is 311 g/mol. The van der Waals surface area contributed by atoms with Gasteiger partial charge >= 0.3 is 6.09 Å². The predicted octanol–water partition coefficient (Wildman–Crippen LogP) is 2.93. The molecule has 2 aliphatic heterocycles. The molecule has 0 aliphatic carbocycles. The highest BCUT2D eigenvalue weighted by atomic mass is 79.9. The van der Waals surface area contributed by atoms with Crippen LogP contribution < -0.4 is 4.74 Å². The first-order valence-electron chi connectivity index (χ1n) is 6.06. The standard InChI is InChI=1S/C13H14BrNO3/c14-10-2-1-3-11-12(10)9-7-15(13(16)17)6-8(9)4-5-18-11/h1-3,8-9H,4-7H2,(H,16,17)/t8?,9-/m0/s1. The maximum Gasteiger partial charge on any atom is 0.407 e. The molecule has 0 spiro atoms. The predicted molar refractivity (Wildman–Crippen MR) is 70.1 cm³/mol. The summed E-state index contributed by atoms with van der Waals surface area (Å²) in [5, 5.41) is 9.13. The highest BCUT2D eigenvalue weighted by Crippen LogP contribution is 2.44. The van der Waals surface area contributed by atoms with Crippen LogP contribution in [0.3, 0.4) is 0 Å². The Kier molecular flexibility index (Phi) is 2.93. The molecule has 2 atom stereocenters. The average molecular weight is 312 g/mol. The number of fused-ring (bicyclic) bond motifs is 3.